The van der Waals surface area contributed by atoms with Crippen molar-refractivity contribution in [2.45, 2.75) is 32.2 Å². The van der Waals surface area contributed by atoms with Gasteiger partial charge in [-0.2, -0.15) is 0 Å². The molecule has 1 N–H and O–H groups in total. The molecular formula is C23H20FNO5. The number of carbonyl (C=O) groups is 1. The molecule has 0 radical (unpaired) electrons. The zero-order valence-electron chi connectivity index (χ0n) is 16.2. The van der Waals surface area contributed by atoms with Crippen molar-refractivity contribution in [3.05, 3.63) is 57.6 Å². The summed E-state index contributed by atoms with van der Waals surface area (Å²) in [5, 5.41) is 9.62. The molecule has 0 bridgehead atoms. The fraction of sp³-hybridized carbons (Fsp3) is 0.304. The molecular weight excluding hydrogens is 389 g/mol. The van der Waals surface area contributed by atoms with Crippen molar-refractivity contribution in [1.29, 1.82) is 0 Å². The first-order valence-corrected chi connectivity index (χ1v) is 10.1. The fourth-order valence-electron chi connectivity index (χ4n) is 4.34. The highest BCUT2D eigenvalue weighted by Crippen LogP contribution is 2.45. The first-order chi connectivity index (χ1) is 14.6. The first-order valence-electron chi connectivity index (χ1n) is 10.1. The van der Waals surface area contributed by atoms with Crippen molar-refractivity contribution in [2.75, 3.05) is 13.4 Å². The van der Waals surface area contributed by atoms with Crippen LogP contribution in [0.15, 0.2) is 35.1 Å². The summed E-state index contributed by atoms with van der Waals surface area (Å²) >= 11 is 0. The molecule has 154 valence electrons. The fourth-order valence-corrected chi connectivity index (χ4v) is 4.34. The Morgan fingerprint density at radius 2 is 1.67 bits per heavy atom. The quantitative estimate of drug-likeness (QED) is 0.492. The van der Waals surface area contributed by atoms with Crippen LogP contribution < -0.4 is 15.0 Å². The van der Waals surface area contributed by atoms with Gasteiger partial charge in [0.15, 0.2) is 17.3 Å². The van der Waals surface area contributed by atoms with E-state index in [9.17, 15) is 14.0 Å². The molecule has 0 atom stereocenters. The van der Waals surface area contributed by atoms with Crippen LogP contribution in [0.2, 0.25) is 0 Å². The molecule has 1 aliphatic heterocycles. The van der Waals surface area contributed by atoms with Gasteiger partial charge in [-0.05, 0) is 37.1 Å². The number of ether oxygens (including phenoxy) is 2. The Balaban J connectivity index is 1.71. The number of rotatable bonds is 6. The Bertz CT molecular complexity index is 1250. The minimum absolute atomic E-state index is 0.0912. The molecule has 1 aliphatic carbocycles. The molecule has 0 spiro atoms. The highest BCUT2D eigenvalue weighted by atomic mass is 19.1. The number of nitrogens with zero attached hydrogens (tertiary/aromatic N) is 1. The van der Waals surface area contributed by atoms with Crippen molar-refractivity contribution in [2.24, 2.45) is 0 Å². The third-order valence-corrected chi connectivity index (χ3v) is 5.76. The molecule has 5 rings (SSSR count). The average molecular weight is 409 g/mol. The molecule has 1 aromatic heterocycles. The number of pyridine rings is 1. The van der Waals surface area contributed by atoms with E-state index in [1.54, 1.807) is 16.7 Å². The molecule has 30 heavy (non-hydrogen) atoms. The number of hydrogen-bond acceptors (Lipinski definition) is 5. The smallest absolute Gasteiger partial charge is 0.259 e. The largest absolute Gasteiger partial charge is 0.454 e. The van der Waals surface area contributed by atoms with E-state index in [4.69, 9.17) is 14.6 Å². The minimum Gasteiger partial charge on any atom is -0.454 e. The molecule has 0 unspecified atom stereocenters. The third kappa shape index (κ3) is 2.81. The lowest BCUT2D eigenvalue weighted by atomic mass is 10.0. The summed E-state index contributed by atoms with van der Waals surface area (Å²) in [7, 11) is 0. The summed E-state index contributed by atoms with van der Waals surface area (Å²) in [6, 6.07) is 7.37. The van der Waals surface area contributed by atoms with Crippen molar-refractivity contribution in [3.8, 4) is 22.8 Å². The van der Waals surface area contributed by atoms with Crippen molar-refractivity contribution in [1.82, 2.24) is 4.57 Å². The van der Waals surface area contributed by atoms with Crippen LogP contribution in [0, 0.1) is 5.82 Å². The number of aliphatic hydroxyl groups is 1. The van der Waals surface area contributed by atoms with Gasteiger partial charge >= 0.3 is 0 Å². The number of aliphatic hydroxyl groups excluding tert-OH is 1. The van der Waals surface area contributed by atoms with E-state index < -0.39 is 5.82 Å². The topological polar surface area (TPSA) is 77.8 Å². The number of hydrogen-bond donors (Lipinski definition) is 1. The van der Waals surface area contributed by atoms with E-state index in [0.29, 0.717) is 58.7 Å². The summed E-state index contributed by atoms with van der Waals surface area (Å²) in [5.41, 5.74) is 1.75. The maximum absolute atomic E-state index is 13.9. The molecule has 0 saturated carbocycles. The van der Waals surface area contributed by atoms with Gasteiger partial charge in [0.2, 0.25) is 6.79 Å². The normalized spacial score (nSPS) is 13.7. The number of fused-ring (bicyclic) bond motifs is 6. The molecule has 0 saturated heterocycles. The van der Waals surface area contributed by atoms with Gasteiger partial charge in [-0.3, -0.25) is 9.59 Å². The Kier molecular flexibility index (Phi) is 4.55. The van der Waals surface area contributed by atoms with Gasteiger partial charge < -0.3 is 19.1 Å². The summed E-state index contributed by atoms with van der Waals surface area (Å²) in [5.74, 6) is 0.320. The van der Waals surface area contributed by atoms with E-state index >= 15 is 0 Å². The molecule has 0 fully saturated rings. The van der Waals surface area contributed by atoms with E-state index in [2.05, 4.69) is 0 Å². The lowest BCUT2D eigenvalue weighted by Crippen LogP contribution is -2.23. The summed E-state index contributed by atoms with van der Waals surface area (Å²) < 4.78 is 26.4. The van der Waals surface area contributed by atoms with Gasteiger partial charge in [0.05, 0.1) is 16.6 Å². The third-order valence-electron chi connectivity index (χ3n) is 5.76. The maximum atomic E-state index is 13.9. The number of ketones is 1. The van der Waals surface area contributed by atoms with Crippen LogP contribution in [0.25, 0.3) is 22.0 Å². The van der Waals surface area contributed by atoms with Crippen LogP contribution in [-0.2, 0) is 6.54 Å². The minimum atomic E-state index is -0.516. The van der Waals surface area contributed by atoms with Gasteiger partial charge in [-0.15, -0.1) is 0 Å². The van der Waals surface area contributed by atoms with Crippen LogP contribution in [-0.4, -0.2) is 28.9 Å². The van der Waals surface area contributed by atoms with E-state index in [1.807, 2.05) is 0 Å². The maximum Gasteiger partial charge on any atom is 0.259 e. The molecule has 6 nitrogen and oxygen atoms in total. The Hall–Kier alpha value is -3.19. The van der Waals surface area contributed by atoms with Gasteiger partial charge in [0.1, 0.15) is 5.82 Å². The number of aromatic nitrogens is 1. The second-order valence-corrected chi connectivity index (χ2v) is 7.59. The second kappa shape index (κ2) is 7.25. The Morgan fingerprint density at radius 3 is 2.43 bits per heavy atom. The van der Waals surface area contributed by atoms with Crippen LogP contribution >= 0.6 is 0 Å². The second-order valence-electron chi connectivity index (χ2n) is 7.59. The SMILES string of the molecule is O=C1c2cc3c(cc2-c2c1c1ccc(F)cc1c(=O)n2CCCCCCO)OCO3. The predicted octanol–water partition coefficient (Wildman–Crippen LogP) is 3.63. The van der Waals surface area contributed by atoms with Crippen LogP contribution in [0.5, 0.6) is 11.5 Å². The van der Waals surface area contributed by atoms with Crippen molar-refractivity contribution < 1.29 is 23.8 Å². The molecule has 2 aliphatic rings. The summed E-state index contributed by atoms with van der Waals surface area (Å²) in [6.45, 7) is 0.633. The monoisotopic (exact) mass is 409 g/mol. The van der Waals surface area contributed by atoms with E-state index in [-0.39, 0.29) is 30.1 Å². The van der Waals surface area contributed by atoms with Crippen LogP contribution in [0.1, 0.15) is 41.6 Å². The zero-order valence-corrected chi connectivity index (χ0v) is 16.2. The van der Waals surface area contributed by atoms with Crippen molar-refractivity contribution in [3.63, 3.8) is 0 Å². The highest BCUT2D eigenvalue weighted by molar-refractivity contribution is 6.27. The predicted molar refractivity (Wildman–Crippen MR) is 109 cm³/mol. The average Bonchev–Trinajstić information content (AvgIpc) is 3.31. The van der Waals surface area contributed by atoms with E-state index in [0.717, 1.165) is 12.8 Å². The van der Waals surface area contributed by atoms with Gasteiger partial charge in [-0.1, -0.05) is 18.9 Å². The lowest BCUT2D eigenvalue weighted by Gasteiger charge is -2.15. The Labute approximate surface area is 171 Å². The molecule has 2 heterocycles. The Morgan fingerprint density at radius 1 is 0.933 bits per heavy atom. The molecule has 0 amide bonds. The zero-order chi connectivity index (χ0) is 20.8. The van der Waals surface area contributed by atoms with E-state index in [1.165, 1.54) is 18.2 Å². The molecule has 3 aromatic rings. The summed E-state index contributed by atoms with van der Waals surface area (Å²) in [4.78, 5) is 26.6. The number of unbranched alkanes of at least 4 members (excludes halogenated alkanes) is 3. The lowest BCUT2D eigenvalue weighted by molar-refractivity contribution is 0.104. The number of benzene rings is 2. The first kappa shape index (κ1) is 18.8. The molecule has 7 heteroatoms. The number of halogens is 1. The standard InChI is InChI=1S/C23H20FNO5/c24-13-5-6-14-17(9-13)23(28)25(7-3-1-2-4-8-26)21-15-10-18-19(30-12-29-18)11-16(15)22(27)20(14)21/h5-6,9-11,26H,1-4,7-8,12H2. The van der Waals surface area contributed by atoms with Gasteiger partial charge in [0, 0.05) is 29.7 Å². The van der Waals surface area contributed by atoms with Crippen LogP contribution in [0.3, 0.4) is 0 Å². The number of carbonyl (C=O) groups excluding carboxylic acids is 1. The van der Waals surface area contributed by atoms with Crippen LogP contribution in [0.4, 0.5) is 4.39 Å². The summed E-state index contributed by atoms with van der Waals surface area (Å²) in [6.07, 6.45) is 3.11. The van der Waals surface area contributed by atoms with Gasteiger partial charge in [-0.25, -0.2) is 4.39 Å². The molecule has 2 aromatic carbocycles. The van der Waals surface area contributed by atoms with Gasteiger partial charge in [0.25, 0.3) is 5.56 Å². The highest BCUT2D eigenvalue weighted by Gasteiger charge is 2.35. The van der Waals surface area contributed by atoms with Crippen molar-refractivity contribution >= 4 is 16.6 Å².